The minimum Gasteiger partial charge on any atom is -0.477 e. The Morgan fingerprint density at radius 2 is 2.16 bits per heavy atom. The average molecular weight is 340 g/mol. The summed E-state index contributed by atoms with van der Waals surface area (Å²) in [6.07, 6.45) is 2.80. The van der Waals surface area contributed by atoms with Gasteiger partial charge < -0.3 is 5.11 Å². The molecule has 1 aliphatic carbocycles. The Bertz CT molecular complexity index is 888. The maximum atomic E-state index is 12.2. The highest BCUT2D eigenvalue weighted by Crippen LogP contribution is 2.47. The second-order valence-corrected chi connectivity index (χ2v) is 7.06. The molecule has 2 aromatic heterocycles. The Balaban J connectivity index is 1.61. The van der Waals surface area contributed by atoms with Gasteiger partial charge in [-0.05, 0) is 42.5 Å². The minimum absolute atomic E-state index is 0.0801. The van der Waals surface area contributed by atoms with Crippen LogP contribution in [-0.2, 0) is 11.8 Å². The number of pyridine rings is 1. The molecule has 1 saturated carbocycles. The van der Waals surface area contributed by atoms with Gasteiger partial charge in [0, 0.05) is 31.6 Å². The molecule has 7 nitrogen and oxygen atoms in total. The minimum atomic E-state index is -0.996. The molecular formula is C18H20N4O3. The van der Waals surface area contributed by atoms with E-state index in [4.69, 9.17) is 0 Å². The number of nitrogens with zero attached hydrogens (tertiary/aromatic N) is 4. The first-order chi connectivity index (χ1) is 11.9. The highest BCUT2D eigenvalue weighted by molar-refractivity contribution is 5.99. The van der Waals surface area contributed by atoms with E-state index in [1.165, 1.54) is 4.68 Å². The first-order valence-corrected chi connectivity index (χ1v) is 8.42. The number of amides is 1. The third-order valence-electron chi connectivity index (χ3n) is 5.36. The van der Waals surface area contributed by atoms with Crippen molar-refractivity contribution in [2.45, 2.75) is 26.2 Å². The molecule has 130 valence electrons. The van der Waals surface area contributed by atoms with Crippen LogP contribution in [-0.4, -0.2) is 38.3 Å². The smallest absolute Gasteiger partial charge is 0.354 e. The molecule has 0 bridgehead atoms. The van der Waals surface area contributed by atoms with Gasteiger partial charge in [0.05, 0.1) is 5.69 Å². The fraction of sp³-hybridized carbons (Fsp3) is 0.444. The van der Waals surface area contributed by atoms with E-state index in [0.29, 0.717) is 17.4 Å². The van der Waals surface area contributed by atoms with E-state index in [1.54, 1.807) is 24.2 Å². The fourth-order valence-corrected chi connectivity index (χ4v) is 3.70. The number of aryl methyl sites for hydroxylation is 2. The van der Waals surface area contributed by atoms with Crippen molar-refractivity contribution < 1.29 is 14.7 Å². The van der Waals surface area contributed by atoms with Gasteiger partial charge >= 0.3 is 5.97 Å². The molecule has 1 N–H and O–H groups in total. The monoisotopic (exact) mass is 340 g/mol. The van der Waals surface area contributed by atoms with E-state index >= 15 is 0 Å². The Hall–Kier alpha value is -2.70. The Labute approximate surface area is 145 Å². The number of carboxylic acids is 1. The van der Waals surface area contributed by atoms with Crippen molar-refractivity contribution in [1.82, 2.24) is 14.8 Å². The third kappa shape index (κ3) is 2.50. The molecule has 1 aliphatic heterocycles. The highest BCUT2D eigenvalue weighted by atomic mass is 16.4. The van der Waals surface area contributed by atoms with E-state index in [1.807, 2.05) is 19.9 Å². The number of carboxylic acid groups (broad SMARTS) is 1. The molecule has 2 aromatic rings. The van der Waals surface area contributed by atoms with Crippen molar-refractivity contribution in [2.24, 2.45) is 18.9 Å². The van der Waals surface area contributed by atoms with E-state index in [9.17, 15) is 14.7 Å². The van der Waals surface area contributed by atoms with Crippen LogP contribution >= 0.6 is 0 Å². The van der Waals surface area contributed by atoms with Crippen LogP contribution in [0.25, 0.3) is 0 Å². The molecule has 2 fully saturated rings. The molecule has 0 spiro atoms. The van der Waals surface area contributed by atoms with Crippen LogP contribution < -0.4 is 4.90 Å². The lowest BCUT2D eigenvalue weighted by molar-refractivity contribution is -0.118. The van der Waals surface area contributed by atoms with Crippen LogP contribution in [0.15, 0.2) is 18.3 Å². The summed E-state index contributed by atoms with van der Waals surface area (Å²) in [4.78, 5) is 29.7. The van der Waals surface area contributed by atoms with Gasteiger partial charge in [0.1, 0.15) is 11.5 Å². The maximum Gasteiger partial charge on any atom is 0.354 e. The zero-order valence-electron chi connectivity index (χ0n) is 14.4. The lowest BCUT2D eigenvalue weighted by atomic mass is 9.95. The molecule has 25 heavy (non-hydrogen) atoms. The quantitative estimate of drug-likeness (QED) is 0.919. The number of fused-ring (bicyclic) bond motifs is 1. The summed E-state index contributed by atoms with van der Waals surface area (Å²) in [7, 11) is 1.62. The number of rotatable bonds is 4. The molecule has 1 saturated heterocycles. The number of aromatic nitrogens is 3. The van der Waals surface area contributed by atoms with Crippen molar-refractivity contribution in [3.8, 4) is 0 Å². The summed E-state index contributed by atoms with van der Waals surface area (Å²) < 4.78 is 1.38. The normalized spacial score (nSPS) is 22.8. The first kappa shape index (κ1) is 15.8. The third-order valence-corrected chi connectivity index (χ3v) is 5.36. The summed E-state index contributed by atoms with van der Waals surface area (Å²) in [6, 6.07) is 3.54. The highest BCUT2D eigenvalue weighted by Gasteiger charge is 2.52. The Morgan fingerprint density at radius 1 is 1.40 bits per heavy atom. The van der Waals surface area contributed by atoms with Gasteiger partial charge in [-0.15, -0.1) is 0 Å². The summed E-state index contributed by atoms with van der Waals surface area (Å²) in [6.45, 7) is 4.74. The number of hydrogen-bond acceptors (Lipinski definition) is 4. The molecule has 2 aliphatic rings. The van der Waals surface area contributed by atoms with Crippen molar-refractivity contribution in [3.63, 3.8) is 0 Å². The maximum absolute atomic E-state index is 12.2. The Kier molecular flexibility index (Phi) is 3.42. The lowest BCUT2D eigenvalue weighted by Crippen LogP contribution is -2.28. The predicted molar refractivity (Wildman–Crippen MR) is 90.6 cm³/mol. The van der Waals surface area contributed by atoms with Crippen LogP contribution in [0.3, 0.4) is 0 Å². The molecule has 7 heteroatoms. The summed E-state index contributed by atoms with van der Waals surface area (Å²) >= 11 is 0. The van der Waals surface area contributed by atoms with Crippen LogP contribution in [0.2, 0.25) is 0 Å². The van der Waals surface area contributed by atoms with Gasteiger partial charge in [-0.2, -0.15) is 5.10 Å². The largest absolute Gasteiger partial charge is 0.477 e. The number of carbonyl (C=O) groups is 2. The van der Waals surface area contributed by atoms with Gasteiger partial charge in [-0.3, -0.25) is 14.4 Å². The Morgan fingerprint density at radius 3 is 2.72 bits per heavy atom. The zero-order valence-corrected chi connectivity index (χ0v) is 14.4. The van der Waals surface area contributed by atoms with Crippen molar-refractivity contribution in [2.75, 3.05) is 11.4 Å². The standard InChI is InChI=1S/C18H20N4O3/c1-9-4-16(22-8-11-5-12(11)17(22)23)19-7-13(9)10(2)14-6-15(18(24)25)21(3)20-14/h4,6-7,10-12H,5,8H2,1-3H3,(H,24,25)/t10?,11-,12-/m1/s1. The van der Waals surface area contributed by atoms with E-state index in [0.717, 1.165) is 24.1 Å². The second-order valence-electron chi connectivity index (χ2n) is 7.06. The molecule has 4 rings (SSSR count). The molecule has 3 atom stereocenters. The second kappa shape index (κ2) is 5.40. The number of aromatic carboxylic acids is 1. The van der Waals surface area contributed by atoms with Gasteiger partial charge in [0.25, 0.3) is 0 Å². The average Bonchev–Trinajstić information content (AvgIpc) is 3.12. The van der Waals surface area contributed by atoms with E-state index in [-0.39, 0.29) is 23.4 Å². The fourth-order valence-electron chi connectivity index (χ4n) is 3.70. The van der Waals surface area contributed by atoms with Crippen molar-refractivity contribution >= 4 is 17.7 Å². The zero-order chi connectivity index (χ0) is 17.9. The van der Waals surface area contributed by atoms with E-state index in [2.05, 4.69) is 10.1 Å². The van der Waals surface area contributed by atoms with Crippen molar-refractivity contribution in [1.29, 1.82) is 0 Å². The summed E-state index contributed by atoms with van der Waals surface area (Å²) in [5.41, 5.74) is 2.85. The van der Waals surface area contributed by atoms with Gasteiger partial charge in [-0.1, -0.05) is 6.92 Å². The molecule has 3 heterocycles. The number of piperidine rings is 1. The number of anilines is 1. The van der Waals surface area contributed by atoms with Crippen LogP contribution in [0.4, 0.5) is 5.82 Å². The van der Waals surface area contributed by atoms with Crippen molar-refractivity contribution in [3.05, 3.63) is 40.8 Å². The molecule has 0 aromatic carbocycles. The molecule has 1 unspecified atom stereocenters. The molecule has 1 amide bonds. The number of carbonyl (C=O) groups excluding carboxylic acids is 1. The van der Waals surface area contributed by atoms with Crippen LogP contribution in [0, 0.1) is 18.8 Å². The van der Waals surface area contributed by atoms with E-state index < -0.39 is 5.97 Å². The predicted octanol–water partition coefficient (Wildman–Crippen LogP) is 1.96. The van der Waals surface area contributed by atoms with Crippen LogP contribution in [0.5, 0.6) is 0 Å². The first-order valence-electron chi connectivity index (χ1n) is 8.42. The van der Waals surface area contributed by atoms with Gasteiger partial charge in [-0.25, -0.2) is 9.78 Å². The summed E-state index contributed by atoms with van der Waals surface area (Å²) in [5, 5.41) is 13.5. The topological polar surface area (TPSA) is 88.3 Å². The number of hydrogen-bond donors (Lipinski definition) is 1. The SMILES string of the molecule is Cc1cc(N2C[C@H]3C[C@H]3C2=O)ncc1C(C)c1cc(C(=O)O)n(C)n1. The molecule has 0 radical (unpaired) electrons. The van der Waals surface area contributed by atoms with Gasteiger partial charge in [0.2, 0.25) is 5.91 Å². The molecular weight excluding hydrogens is 320 g/mol. The van der Waals surface area contributed by atoms with Gasteiger partial charge in [0.15, 0.2) is 0 Å². The van der Waals surface area contributed by atoms with Crippen LogP contribution in [0.1, 0.15) is 46.6 Å². The summed E-state index contributed by atoms with van der Waals surface area (Å²) in [5.74, 6) is 0.541. The lowest BCUT2D eigenvalue weighted by Gasteiger charge is -2.19.